The minimum Gasteiger partial charge on any atom is -0.349 e. The zero-order chi connectivity index (χ0) is 15.6. The molecule has 1 N–H and O–H groups in total. The summed E-state index contributed by atoms with van der Waals surface area (Å²) in [5.74, 6) is -0.358. The molecular weight excluding hydrogens is 297 g/mol. The van der Waals surface area contributed by atoms with Crippen molar-refractivity contribution in [3.63, 3.8) is 0 Å². The van der Waals surface area contributed by atoms with Crippen molar-refractivity contribution in [3.8, 4) is 0 Å². The molecule has 5 nitrogen and oxygen atoms in total. The molecule has 0 radical (unpaired) electrons. The number of benzene rings is 1. The van der Waals surface area contributed by atoms with Crippen molar-refractivity contribution in [1.82, 2.24) is 4.90 Å². The molecule has 1 amide bonds. The van der Waals surface area contributed by atoms with Crippen molar-refractivity contribution >= 4 is 21.6 Å². The van der Waals surface area contributed by atoms with Gasteiger partial charge >= 0.3 is 15.5 Å². The molecule has 0 unspecified atom stereocenters. The first-order valence-electron chi connectivity index (χ1n) is 5.42. The van der Waals surface area contributed by atoms with Crippen LogP contribution >= 0.6 is 0 Å². The highest BCUT2D eigenvalue weighted by Crippen LogP contribution is 2.27. The van der Waals surface area contributed by atoms with Gasteiger partial charge in [-0.05, 0) is 11.6 Å². The normalized spacial score (nSPS) is 12.1. The predicted octanol–water partition coefficient (Wildman–Crippen LogP) is 1.58. The van der Waals surface area contributed by atoms with Crippen molar-refractivity contribution in [2.45, 2.75) is 11.9 Å². The van der Waals surface area contributed by atoms with Crippen LogP contribution in [0.1, 0.15) is 5.56 Å². The summed E-state index contributed by atoms with van der Waals surface area (Å²) >= 11 is 0. The lowest BCUT2D eigenvalue weighted by molar-refractivity contribution is -0.127. The molecule has 0 saturated heterocycles. The Bertz CT molecular complexity index is 597. The Balaban J connectivity index is 3.06. The Hall–Kier alpha value is -1.77. The van der Waals surface area contributed by atoms with Crippen LogP contribution in [0.2, 0.25) is 0 Å². The highest BCUT2D eigenvalue weighted by atomic mass is 32.2. The Labute approximate surface area is 114 Å². The van der Waals surface area contributed by atoms with Gasteiger partial charge in [-0.1, -0.05) is 18.2 Å². The summed E-state index contributed by atoms with van der Waals surface area (Å²) < 4.78 is 60.5. The molecule has 0 bridgehead atoms. The summed E-state index contributed by atoms with van der Waals surface area (Å²) in [7, 11) is -2.52. The minimum absolute atomic E-state index is 0.166. The van der Waals surface area contributed by atoms with Crippen molar-refractivity contribution in [2.75, 3.05) is 18.8 Å². The fraction of sp³-hybridized carbons (Fsp3) is 0.364. The summed E-state index contributed by atoms with van der Waals surface area (Å²) in [6.45, 7) is 0. The van der Waals surface area contributed by atoms with Crippen LogP contribution in [0.3, 0.4) is 0 Å². The monoisotopic (exact) mass is 310 g/mol. The van der Waals surface area contributed by atoms with Gasteiger partial charge in [0, 0.05) is 14.1 Å². The van der Waals surface area contributed by atoms with Gasteiger partial charge in [-0.3, -0.25) is 9.52 Å². The van der Waals surface area contributed by atoms with Crippen LogP contribution in [0.5, 0.6) is 0 Å². The van der Waals surface area contributed by atoms with E-state index in [9.17, 15) is 26.4 Å². The van der Waals surface area contributed by atoms with E-state index >= 15 is 0 Å². The third kappa shape index (κ3) is 3.86. The molecule has 9 heteroatoms. The molecule has 0 atom stereocenters. The maximum Gasteiger partial charge on any atom is 0.516 e. The molecular formula is C11H13F3N2O3S. The van der Waals surface area contributed by atoms with Crippen molar-refractivity contribution in [3.05, 3.63) is 29.8 Å². The number of nitrogens with one attached hydrogen (secondary N) is 1. The number of halogens is 3. The average Bonchev–Trinajstić information content (AvgIpc) is 2.29. The fourth-order valence-electron chi connectivity index (χ4n) is 1.30. The number of anilines is 1. The van der Waals surface area contributed by atoms with Gasteiger partial charge in [0.15, 0.2) is 0 Å². The van der Waals surface area contributed by atoms with Gasteiger partial charge in [0.05, 0.1) is 12.1 Å². The molecule has 0 spiro atoms. The summed E-state index contributed by atoms with van der Waals surface area (Å²) in [6, 6.07) is 5.43. The lowest BCUT2D eigenvalue weighted by Gasteiger charge is -2.15. The third-order valence-electron chi connectivity index (χ3n) is 2.41. The van der Waals surface area contributed by atoms with E-state index in [2.05, 4.69) is 0 Å². The zero-order valence-corrected chi connectivity index (χ0v) is 11.5. The van der Waals surface area contributed by atoms with Gasteiger partial charge in [0.1, 0.15) is 0 Å². The smallest absolute Gasteiger partial charge is 0.349 e. The van der Waals surface area contributed by atoms with Gasteiger partial charge in [0.2, 0.25) is 5.91 Å². The predicted molar refractivity (Wildman–Crippen MR) is 67.4 cm³/mol. The van der Waals surface area contributed by atoms with Gasteiger partial charge in [-0.2, -0.15) is 21.6 Å². The quantitative estimate of drug-likeness (QED) is 0.918. The number of hydrogen-bond acceptors (Lipinski definition) is 3. The minimum atomic E-state index is -5.50. The number of carbonyl (C=O) groups excluding carboxylic acids is 1. The van der Waals surface area contributed by atoms with Crippen LogP contribution in [0.25, 0.3) is 0 Å². The first kappa shape index (κ1) is 16.3. The Morgan fingerprint density at radius 3 is 2.30 bits per heavy atom. The van der Waals surface area contributed by atoms with Gasteiger partial charge in [-0.15, -0.1) is 0 Å². The van der Waals surface area contributed by atoms with Crippen molar-refractivity contribution in [2.24, 2.45) is 0 Å². The van der Waals surface area contributed by atoms with Crippen molar-refractivity contribution in [1.29, 1.82) is 0 Å². The van der Waals surface area contributed by atoms with E-state index in [0.717, 1.165) is 0 Å². The van der Waals surface area contributed by atoms with E-state index in [0.29, 0.717) is 0 Å². The maximum absolute atomic E-state index is 12.3. The molecule has 0 aromatic heterocycles. The molecule has 1 aromatic rings. The second-order valence-corrected chi connectivity index (χ2v) is 5.85. The number of likely N-dealkylation sites (N-methyl/N-ethyl adjacent to an activating group) is 1. The van der Waals surface area contributed by atoms with Crippen LogP contribution in [0.15, 0.2) is 24.3 Å². The summed E-state index contributed by atoms with van der Waals surface area (Å²) in [5.41, 5.74) is -5.51. The van der Waals surface area contributed by atoms with Gasteiger partial charge < -0.3 is 4.90 Å². The number of alkyl halides is 3. The molecule has 1 aromatic carbocycles. The molecule has 112 valence electrons. The van der Waals surface area contributed by atoms with Crippen LogP contribution in [0, 0.1) is 0 Å². The molecule has 0 saturated carbocycles. The van der Waals surface area contributed by atoms with Gasteiger partial charge in [0.25, 0.3) is 0 Å². The molecule has 1 rings (SSSR count). The number of nitrogens with zero attached hydrogens (tertiary/aromatic N) is 1. The average molecular weight is 310 g/mol. The number of rotatable bonds is 4. The zero-order valence-electron chi connectivity index (χ0n) is 10.7. The SMILES string of the molecule is CN(C)C(=O)Cc1ccccc1NS(=O)(=O)C(F)(F)F. The molecule has 0 aliphatic rings. The number of carbonyl (C=O) groups is 1. The lowest BCUT2D eigenvalue weighted by Crippen LogP contribution is -2.30. The third-order valence-corrected chi connectivity index (χ3v) is 3.50. The molecule has 0 heterocycles. The highest BCUT2D eigenvalue weighted by molar-refractivity contribution is 7.93. The van der Waals surface area contributed by atoms with Crippen LogP contribution in [0.4, 0.5) is 18.9 Å². The number of para-hydroxylation sites is 1. The molecule has 20 heavy (non-hydrogen) atoms. The second kappa shape index (κ2) is 5.70. The number of amides is 1. The largest absolute Gasteiger partial charge is 0.516 e. The van der Waals surface area contributed by atoms with Crippen LogP contribution in [-0.2, 0) is 21.2 Å². The van der Waals surface area contributed by atoms with E-state index < -0.39 is 15.5 Å². The molecule has 0 aliphatic carbocycles. The topological polar surface area (TPSA) is 66.5 Å². The van der Waals surface area contributed by atoms with Crippen molar-refractivity contribution < 1.29 is 26.4 Å². The lowest BCUT2D eigenvalue weighted by atomic mass is 10.1. The van der Waals surface area contributed by atoms with Gasteiger partial charge in [-0.25, -0.2) is 0 Å². The first-order chi connectivity index (χ1) is 9.04. The molecule has 0 aliphatic heterocycles. The molecule has 0 fully saturated rings. The van der Waals surface area contributed by atoms with Crippen LogP contribution < -0.4 is 4.72 Å². The van der Waals surface area contributed by atoms with Crippen LogP contribution in [-0.4, -0.2) is 38.8 Å². The first-order valence-corrected chi connectivity index (χ1v) is 6.90. The number of hydrogen-bond donors (Lipinski definition) is 1. The Morgan fingerprint density at radius 2 is 1.80 bits per heavy atom. The van der Waals surface area contributed by atoms with E-state index in [-0.39, 0.29) is 23.6 Å². The maximum atomic E-state index is 12.3. The highest BCUT2D eigenvalue weighted by Gasteiger charge is 2.46. The standard InChI is InChI=1S/C11H13F3N2O3S/c1-16(2)10(17)7-8-5-3-4-6-9(8)15-20(18,19)11(12,13)14/h3-6,15H,7H2,1-2H3. The van der Waals surface area contributed by atoms with E-state index in [4.69, 9.17) is 0 Å². The van der Waals surface area contributed by atoms with E-state index in [1.54, 1.807) is 0 Å². The summed E-state index contributed by atoms with van der Waals surface area (Å²) in [4.78, 5) is 12.8. The fourth-order valence-corrected chi connectivity index (χ4v) is 1.90. The van der Waals surface area contributed by atoms with E-state index in [1.165, 1.54) is 48.0 Å². The second-order valence-electron chi connectivity index (χ2n) is 4.17. The summed E-state index contributed by atoms with van der Waals surface area (Å²) in [5, 5.41) is 0. The van der Waals surface area contributed by atoms with E-state index in [1.807, 2.05) is 0 Å². The summed E-state index contributed by atoms with van der Waals surface area (Å²) in [6.07, 6.45) is -0.205. The Kier molecular flexibility index (Phi) is 4.64. The number of sulfonamides is 1. The Morgan fingerprint density at radius 1 is 1.25 bits per heavy atom.